The number of Topliss-reactive ketones (excluding diaryl/α,β-unsaturated/α-hetero) is 1. The highest BCUT2D eigenvalue weighted by Crippen LogP contribution is 2.52. The number of carbonyl (C=O) groups excluding carboxylic acids is 3. The van der Waals surface area contributed by atoms with Crippen molar-refractivity contribution in [2.75, 3.05) is 7.05 Å². The third-order valence-corrected chi connectivity index (χ3v) is 4.74. The normalized spacial score (nSPS) is 29.5. The van der Waals surface area contributed by atoms with Crippen LogP contribution >= 0.6 is 23.2 Å². The van der Waals surface area contributed by atoms with Gasteiger partial charge in [0, 0.05) is 13.5 Å². The molecule has 0 radical (unpaired) electrons. The summed E-state index contributed by atoms with van der Waals surface area (Å²) >= 11 is 11.8. The lowest BCUT2D eigenvalue weighted by molar-refractivity contribution is -0.146. The molecule has 1 saturated heterocycles. The fourth-order valence-electron chi connectivity index (χ4n) is 2.93. The molecule has 2 amide bonds. The maximum absolute atomic E-state index is 12.3. The van der Waals surface area contributed by atoms with Crippen LogP contribution in [0.2, 0.25) is 10.0 Å². The molecule has 2 fully saturated rings. The summed E-state index contributed by atoms with van der Waals surface area (Å²) in [5.74, 6) is -1.62. The number of benzene rings is 1. The summed E-state index contributed by atoms with van der Waals surface area (Å²) in [6, 6.07) is 4.62. The molecule has 19 heavy (non-hydrogen) atoms. The van der Waals surface area contributed by atoms with Crippen LogP contribution in [0.3, 0.4) is 0 Å². The number of hydrogen-bond acceptors (Lipinski definition) is 3. The highest BCUT2D eigenvalue weighted by atomic mass is 35.5. The molecule has 0 N–H and O–H groups in total. The van der Waals surface area contributed by atoms with Crippen molar-refractivity contribution in [2.45, 2.75) is 11.8 Å². The largest absolute Gasteiger partial charge is 0.298 e. The third-order valence-electron chi connectivity index (χ3n) is 4.00. The number of amides is 2. The van der Waals surface area contributed by atoms with Gasteiger partial charge in [0.2, 0.25) is 11.8 Å². The molecule has 2 unspecified atom stereocenters. The standard InChI is InChI=1S/C13H9Cl2NO3/c1-16-11(18)7-5-10(17)13(7,12(16)19)6-2-3-8(14)9(15)4-6/h2-4,7H,5H2,1H3. The molecule has 1 aliphatic heterocycles. The summed E-state index contributed by atoms with van der Waals surface area (Å²) in [5, 5.41) is 0.608. The van der Waals surface area contributed by atoms with Gasteiger partial charge in [0.05, 0.1) is 16.0 Å². The Hall–Kier alpha value is -1.39. The van der Waals surface area contributed by atoms with E-state index in [1.54, 1.807) is 6.07 Å². The first-order chi connectivity index (χ1) is 8.90. The van der Waals surface area contributed by atoms with Crippen molar-refractivity contribution in [1.82, 2.24) is 4.90 Å². The minimum absolute atomic E-state index is 0.106. The van der Waals surface area contributed by atoms with Gasteiger partial charge in [-0.2, -0.15) is 0 Å². The first-order valence-corrected chi connectivity index (χ1v) is 6.47. The summed E-state index contributed by atoms with van der Waals surface area (Å²) < 4.78 is 0. The average Bonchev–Trinajstić information content (AvgIpc) is 2.52. The molecule has 2 aliphatic rings. The van der Waals surface area contributed by atoms with Crippen LogP contribution in [-0.4, -0.2) is 29.5 Å². The first kappa shape index (κ1) is 12.6. The quantitative estimate of drug-likeness (QED) is 0.587. The monoisotopic (exact) mass is 297 g/mol. The van der Waals surface area contributed by atoms with Crippen LogP contribution in [0.4, 0.5) is 0 Å². The summed E-state index contributed by atoms with van der Waals surface area (Å²) in [6.07, 6.45) is 0.106. The summed E-state index contributed by atoms with van der Waals surface area (Å²) in [6.45, 7) is 0. The molecule has 3 rings (SSSR count). The molecular weight excluding hydrogens is 289 g/mol. The SMILES string of the molecule is CN1C(=O)C2CC(=O)C2(c2ccc(Cl)c(Cl)c2)C1=O. The van der Waals surface area contributed by atoms with Crippen LogP contribution in [0.5, 0.6) is 0 Å². The molecule has 4 nitrogen and oxygen atoms in total. The number of ketones is 1. The van der Waals surface area contributed by atoms with Gasteiger partial charge in [-0.15, -0.1) is 0 Å². The number of nitrogens with zero attached hydrogens (tertiary/aromatic N) is 1. The van der Waals surface area contributed by atoms with Gasteiger partial charge in [0.1, 0.15) is 5.41 Å². The molecule has 1 aliphatic carbocycles. The molecular formula is C13H9Cl2NO3. The van der Waals surface area contributed by atoms with E-state index in [1.807, 2.05) is 0 Å². The van der Waals surface area contributed by atoms with Crippen LogP contribution in [0, 0.1) is 5.92 Å². The van der Waals surface area contributed by atoms with Gasteiger partial charge >= 0.3 is 0 Å². The lowest BCUT2D eigenvalue weighted by Gasteiger charge is -2.38. The summed E-state index contributed by atoms with van der Waals surface area (Å²) in [5.41, 5.74) is -0.925. The molecule has 98 valence electrons. The number of fused-ring (bicyclic) bond motifs is 1. The van der Waals surface area contributed by atoms with Crippen molar-refractivity contribution in [1.29, 1.82) is 0 Å². The predicted octanol–water partition coefficient (Wildman–Crippen LogP) is 1.82. The zero-order valence-corrected chi connectivity index (χ0v) is 11.5. The first-order valence-electron chi connectivity index (χ1n) is 5.71. The molecule has 1 aromatic rings. The second kappa shape index (κ2) is 3.81. The van der Waals surface area contributed by atoms with Gasteiger partial charge in [-0.3, -0.25) is 19.3 Å². The van der Waals surface area contributed by atoms with Crippen molar-refractivity contribution in [3.05, 3.63) is 33.8 Å². The van der Waals surface area contributed by atoms with E-state index in [-0.39, 0.29) is 23.1 Å². The molecule has 1 aromatic carbocycles. The Morgan fingerprint density at radius 2 is 1.89 bits per heavy atom. The zero-order valence-electron chi connectivity index (χ0n) is 9.94. The van der Waals surface area contributed by atoms with E-state index in [9.17, 15) is 14.4 Å². The molecule has 1 heterocycles. The Balaban J connectivity index is 2.20. The van der Waals surface area contributed by atoms with Crippen LogP contribution in [0.25, 0.3) is 0 Å². The van der Waals surface area contributed by atoms with Crippen LogP contribution < -0.4 is 0 Å². The highest BCUT2D eigenvalue weighted by molar-refractivity contribution is 6.42. The predicted molar refractivity (Wildman–Crippen MR) is 69.0 cm³/mol. The average molecular weight is 298 g/mol. The van der Waals surface area contributed by atoms with Crippen molar-refractivity contribution < 1.29 is 14.4 Å². The number of halogens is 2. The van der Waals surface area contributed by atoms with Crippen molar-refractivity contribution in [3.63, 3.8) is 0 Å². The van der Waals surface area contributed by atoms with Crippen LogP contribution in [0.15, 0.2) is 18.2 Å². The lowest BCUT2D eigenvalue weighted by atomic mass is 9.57. The second-order valence-electron chi connectivity index (χ2n) is 4.82. The fourth-order valence-corrected chi connectivity index (χ4v) is 3.23. The Kier molecular flexibility index (Phi) is 2.53. The van der Waals surface area contributed by atoms with E-state index >= 15 is 0 Å². The van der Waals surface area contributed by atoms with E-state index < -0.39 is 17.2 Å². The summed E-state index contributed by atoms with van der Waals surface area (Å²) in [7, 11) is 1.40. The van der Waals surface area contributed by atoms with Gasteiger partial charge in [-0.1, -0.05) is 29.3 Å². The lowest BCUT2D eigenvalue weighted by Crippen LogP contribution is -2.56. The van der Waals surface area contributed by atoms with E-state index in [2.05, 4.69) is 0 Å². The van der Waals surface area contributed by atoms with Crippen molar-refractivity contribution in [2.24, 2.45) is 5.92 Å². The molecule has 0 bridgehead atoms. The second-order valence-corrected chi connectivity index (χ2v) is 5.63. The number of likely N-dealkylation sites (N-methyl/N-ethyl adjacent to an activating group) is 1. The minimum atomic E-state index is -1.37. The Morgan fingerprint density at radius 3 is 2.42 bits per heavy atom. The van der Waals surface area contributed by atoms with Gasteiger partial charge in [-0.25, -0.2) is 0 Å². The molecule has 2 atom stereocenters. The highest BCUT2D eigenvalue weighted by Gasteiger charge is 2.70. The van der Waals surface area contributed by atoms with Crippen LogP contribution in [0.1, 0.15) is 12.0 Å². The topological polar surface area (TPSA) is 54.5 Å². The molecule has 6 heteroatoms. The van der Waals surface area contributed by atoms with Gasteiger partial charge in [0.15, 0.2) is 5.78 Å². The van der Waals surface area contributed by atoms with Gasteiger partial charge in [-0.05, 0) is 17.7 Å². The number of rotatable bonds is 1. The van der Waals surface area contributed by atoms with Crippen LogP contribution in [-0.2, 0) is 19.8 Å². The minimum Gasteiger partial charge on any atom is -0.298 e. The van der Waals surface area contributed by atoms with E-state index in [0.29, 0.717) is 10.6 Å². The maximum atomic E-state index is 12.3. The third kappa shape index (κ3) is 1.33. The van der Waals surface area contributed by atoms with E-state index in [0.717, 1.165) is 4.90 Å². The smallest absolute Gasteiger partial charge is 0.247 e. The number of imide groups is 1. The molecule has 0 aromatic heterocycles. The zero-order chi connectivity index (χ0) is 13.9. The number of carbonyl (C=O) groups is 3. The van der Waals surface area contributed by atoms with Gasteiger partial charge in [0.25, 0.3) is 0 Å². The Morgan fingerprint density at radius 1 is 1.21 bits per heavy atom. The van der Waals surface area contributed by atoms with Crippen molar-refractivity contribution >= 4 is 40.8 Å². The summed E-state index contributed by atoms with van der Waals surface area (Å²) in [4.78, 5) is 37.3. The maximum Gasteiger partial charge on any atom is 0.247 e. The molecule has 1 saturated carbocycles. The number of likely N-dealkylation sites (tertiary alicyclic amines) is 1. The van der Waals surface area contributed by atoms with E-state index in [1.165, 1.54) is 19.2 Å². The van der Waals surface area contributed by atoms with Gasteiger partial charge < -0.3 is 0 Å². The fraction of sp³-hybridized carbons (Fsp3) is 0.308. The van der Waals surface area contributed by atoms with Crippen molar-refractivity contribution in [3.8, 4) is 0 Å². The Labute approximate surface area is 119 Å². The Bertz CT molecular complexity index is 643. The number of hydrogen-bond donors (Lipinski definition) is 0. The van der Waals surface area contributed by atoms with E-state index in [4.69, 9.17) is 23.2 Å². The molecule has 0 spiro atoms.